The molecule has 0 aliphatic carbocycles. The first-order chi connectivity index (χ1) is 33.1. The van der Waals surface area contributed by atoms with Gasteiger partial charge in [-0.15, -0.1) is 0 Å². The lowest BCUT2D eigenvalue weighted by Crippen LogP contribution is -2.49. The summed E-state index contributed by atoms with van der Waals surface area (Å²) in [5.41, 5.74) is 1.64. The van der Waals surface area contributed by atoms with Crippen molar-refractivity contribution in [2.45, 2.75) is 105 Å². The van der Waals surface area contributed by atoms with Crippen molar-refractivity contribution in [3.05, 3.63) is 119 Å². The molecule has 7 aromatic carbocycles. The SMILES string of the molecule is CCCCN(CCCC)C(C)CN1C(=O)c2ccc3c4c(Oc5ccccc5)cc5c6c(ccc(c7c(Oc8ccccc8)cc(c2c37)C1=O)c64)C(=O)N(CC(C)N(CCCC)CCCC)C5=O. The quantitative estimate of drug-likeness (QED) is 0.0377. The number of para-hydroxylation sites is 2. The van der Waals surface area contributed by atoms with Crippen molar-refractivity contribution >= 4 is 66.7 Å². The van der Waals surface area contributed by atoms with Crippen LogP contribution in [0.3, 0.4) is 0 Å². The van der Waals surface area contributed by atoms with Crippen molar-refractivity contribution in [2.24, 2.45) is 0 Å². The molecule has 2 unspecified atom stereocenters. The summed E-state index contributed by atoms with van der Waals surface area (Å²) in [6.45, 7) is 17.0. The zero-order valence-corrected chi connectivity index (χ0v) is 40.5. The average Bonchev–Trinajstić information content (AvgIpc) is 3.35. The van der Waals surface area contributed by atoms with E-state index in [1.54, 1.807) is 12.1 Å². The molecular formula is C58H64N4O6. The summed E-state index contributed by atoms with van der Waals surface area (Å²) in [7, 11) is 0. The maximum atomic E-state index is 15.1. The van der Waals surface area contributed by atoms with Gasteiger partial charge in [-0.05, 0) is 125 Å². The van der Waals surface area contributed by atoms with Crippen molar-refractivity contribution in [1.82, 2.24) is 19.6 Å². The van der Waals surface area contributed by atoms with Crippen molar-refractivity contribution in [3.8, 4) is 23.0 Å². The maximum absolute atomic E-state index is 15.1. The molecule has 2 atom stereocenters. The Hall–Kier alpha value is -6.36. The molecule has 352 valence electrons. The molecule has 0 saturated carbocycles. The van der Waals surface area contributed by atoms with Gasteiger partial charge in [-0.2, -0.15) is 0 Å². The molecule has 2 aliphatic rings. The van der Waals surface area contributed by atoms with Gasteiger partial charge in [0.15, 0.2) is 0 Å². The third-order valence-corrected chi connectivity index (χ3v) is 14.2. The molecule has 68 heavy (non-hydrogen) atoms. The molecule has 10 heteroatoms. The third-order valence-electron chi connectivity index (χ3n) is 14.2. The third kappa shape index (κ3) is 8.47. The number of carbonyl (C=O) groups excluding carboxylic acids is 4. The van der Waals surface area contributed by atoms with Gasteiger partial charge >= 0.3 is 0 Å². The topological polar surface area (TPSA) is 99.7 Å². The van der Waals surface area contributed by atoms with Gasteiger partial charge in [-0.3, -0.25) is 38.8 Å². The fraction of sp³-hybridized carbons (Fsp3) is 0.379. The molecule has 7 aromatic rings. The van der Waals surface area contributed by atoms with E-state index in [9.17, 15) is 9.59 Å². The molecular weight excluding hydrogens is 849 g/mol. The fourth-order valence-electron chi connectivity index (χ4n) is 10.5. The van der Waals surface area contributed by atoms with Crippen LogP contribution >= 0.6 is 0 Å². The highest BCUT2D eigenvalue weighted by Crippen LogP contribution is 2.53. The van der Waals surface area contributed by atoms with Gasteiger partial charge in [0.05, 0.1) is 11.1 Å². The van der Waals surface area contributed by atoms with E-state index in [0.29, 0.717) is 88.3 Å². The zero-order chi connectivity index (χ0) is 47.6. The molecule has 10 nitrogen and oxygen atoms in total. The second-order valence-corrected chi connectivity index (χ2v) is 18.9. The fourth-order valence-corrected chi connectivity index (χ4v) is 10.5. The minimum Gasteiger partial charge on any atom is -0.457 e. The molecule has 0 N–H and O–H groups in total. The number of benzene rings is 7. The lowest BCUT2D eigenvalue weighted by atomic mass is 9.81. The summed E-state index contributed by atoms with van der Waals surface area (Å²) in [5, 5.41) is 5.26. The van der Waals surface area contributed by atoms with Gasteiger partial charge in [-0.25, -0.2) is 0 Å². The Balaban J connectivity index is 1.27. The van der Waals surface area contributed by atoms with Crippen LogP contribution in [0.25, 0.3) is 43.1 Å². The monoisotopic (exact) mass is 912 g/mol. The number of ether oxygens (including phenoxy) is 2. The number of carbonyl (C=O) groups is 4. The van der Waals surface area contributed by atoms with Crippen molar-refractivity contribution in [1.29, 1.82) is 0 Å². The summed E-state index contributed by atoms with van der Waals surface area (Å²) in [6.07, 6.45) is 8.37. The summed E-state index contributed by atoms with van der Waals surface area (Å²) in [4.78, 5) is 67.5. The van der Waals surface area contributed by atoms with Crippen LogP contribution in [-0.4, -0.2) is 94.6 Å². The Kier molecular flexibility index (Phi) is 13.8. The van der Waals surface area contributed by atoms with Crippen LogP contribution in [-0.2, 0) is 0 Å². The lowest BCUT2D eigenvalue weighted by Gasteiger charge is -2.36. The first kappa shape index (κ1) is 46.7. The highest BCUT2D eigenvalue weighted by molar-refractivity contribution is 6.43. The normalized spacial score (nSPS) is 14.8. The van der Waals surface area contributed by atoms with Crippen LogP contribution in [0.1, 0.15) is 134 Å². The highest BCUT2D eigenvalue weighted by Gasteiger charge is 2.40. The molecule has 9 rings (SSSR count). The second-order valence-electron chi connectivity index (χ2n) is 18.9. The molecule has 0 aromatic heterocycles. The number of imide groups is 2. The van der Waals surface area contributed by atoms with Gasteiger partial charge in [0, 0.05) is 68.6 Å². The van der Waals surface area contributed by atoms with Gasteiger partial charge in [-0.1, -0.05) is 102 Å². The van der Waals surface area contributed by atoms with Crippen molar-refractivity contribution in [3.63, 3.8) is 0 Å². The number of nitrogens with zero attached hydrogens (tertiary/aromatic N) is 4. The van der Waals surface area contributed by atoms with E-state index in [2.05, 4.69) is 51.3 Å². The minimum atomic E-state index is -0.368. The molecule has 0 radical (unpaired) electrons. The van der Waals surface area contributed by atoms with Crippen LogP contribution in [0.2, 0.25) is 0 Å². The van der Waals surface area contributed by atoms with E-state index in [1.807, 2.05) is 84.9 Å². The van der Waals surface area contributed by atoms with Gasteiger partial charge in [0.2, 0.25) is 0 Å². The van der Waals surface area contributed by atoms with E-state index in [-0.39, 0.29) is 48.8 Å². The Bertz CT molecular complexity index is 2790. The molecule has 0 spiro atoms. The summed E-state index contributed by atoms with van der Waals surface area (Å²) >= 11 is 0. The summed E-state index contributed by atoms with van der Waals surface area (Å²) in [6, 6.07) is 29.9. The number of hydrogen-bond donors (Lipinski definition) is 0. The number of unbranched alkanes of at least 4 members (excludes halogenated alkanes) is 4. The number of fused-ring (bicyclic) bond motifs is 2. The van der Waals surface area contributed by atoms with Gasteiger partial charge in [0.25, 0.3) is 23.6 Å². The van der Waals surface area contributed by atoms with E-state index in [1.165, 1.54) is 9.80 Å². The molecule has 2 heterocycles. The molecule has 2 aliphatic heterocycles. The predicted octanol–water partition coefficient (Wildman–Crippen LogP) is 13.1. The van der Waals surface area contributed by atoms with Crippen LogP contribution in [0.4, 0.5) is 0 Å². The molecule has 0 fully saturated rings. The largest absolute Gasteiger partial charge is 0.457 e. The Morgan fingerprint density at radius 2 is 0.765 bits per heavy atom. The minimum absolute atomic E-state index is 0.0507. The van der Waals surface area contributed by atoms with Crippen LogP contribution in [0, 0.1) is 0 Å². The molecule has 4 amide bonds. The number of amides is 4. The van der Waals surface area contributed by atoms with E-state index >= 15 is 9.59 Å². The Labute approximate surface area is 400 Å². The molecule has 0 saturated heterocycles. The molecule has 0 bridgehead atoms. The first-order valence-corrected chi connectivity index (χ1v) is 25.0. The van der Waals surface area contributed by atoms with Crippen LogP contribution in [0.5, 0.6) is 23.0 Å². The summed E-state index contributed by atoms with van der Waals surface area (Å²) < 4.78 is 13.7. The van der Waals surface area contributed by atoms with E-state index < -0.39 is 0 Å². The van der Waals surface area contributed by atoms with Crippen molar-refractivity contribution in [2.75, 3.05) is 39.3 Å². The smallest absolute Gasteiger partial charge is 0.261 e. The first-order valence-electron chi connectivity index (χ1n) is 25.0. The number of hydrogen-bond acceptors (Lipinski definition) is 8. The summed E-state index contributed by atoms with van der Waals surface area (Å²) in [5.74, 6) is 0.604. The van der Waals surface area contributed by atoms with Gasteiger partial charge < -0.3 is 9.47 Å². The Morgan fingerprint density at radius 1 is 0.426 bits per heavy atom. The van der Waals surface area contributed by atoms with Crippen LogP contribution in [0.15, 0.2) is 97.1 Å². The maximum Gasteiger partial charge on any atom is 0.261 e. The van der Waals surface area contributed by atoms with Crippen LogP contribution < -0.4 is 9.47 Å². The average molecular weight is 913 g/mol. The van der Waals surface area contributed by atoms with E-state index in [0.717, 1.165) is 77.5 Å². The lowest BCUT2D eigenvalue weighted by molar-refractivity contribution is 0.0538. The standard InChI is InChI=1S/C58H64N4O6/c1-7-11-29-59(30-12-8-2)37(5)35-61-55(63)43-27-25-41-52-48(68-40-23-19-16-20-24-40)34-46-50-44(56(64)62(58(46)66)36-38(6)60(31-13-9-3)32-14-10-4)28-26-42(54(50)52)51-47(67-39-21-17-15-18-22-39)33-45(57(61)65)49(43)53(41)51/h15-28,33-34,37-38H,7-14,29-32,35-36H2,1-6H3. The highest BCUT2D eigenvalue weighted by atomic mass is 16.5. The Morgan fingerprint density at radius 3 is 1.10 bits per heavy atom. The predicted molar refractivity (Wildman–Crippen MR) is 273 cm³/mol. The van der Waals surface area contributed by atoms with Gasteiger partial charge in [0.1, 0.15) is 23.0 Å². The number of rotatable bonds is 22. The van der Waals surface area contributed by atoms with Crippen molar-refractivity contribution < 1.29 is 28.7 Å². The van der Waals surface area contributed by atoms with E-state index in [4.69, 9.17) is 9.47 Å². The zero-order valence-electron chi connectivity index (χ0n) is 40.5. The second kappa shape index (κ2) is 20.1.